The number of anilines is 1. The van der Waals surface area contributed by atoms with Crippen molar-refractivity contribution in [3.63, 3.8) is 0 Å². The van der Waals surface area contributed by atoms with Crippen LogP contribution in [0.4, 0.5) is 49.7 Å². The van der Waals surface area contributed by atoms with Crippen LogP contribution in [0.5, 0.6) is 0 Å². The van der Waals surface area contributed by atoms with Crippen LogP contribution in [0.3, 0.4) is 0 Å². The number of rotatable bonds is 12. The van der Waals surface area contributed by atoms with Crippen LogP contribution in [-0.4, -0.2) is 67.9 Å². The summed E-state index contributed by atoms with van der Waals surface area (Å²) in [6.07, 6.45) is -7.81. The number of alkyl halides is 8. The Bertz CT molecular complexity index is 2410. The molecule has 1 fully saturated rings. The topological polar surface area (TPSA) is 142 Å². The van der Waals surface area contributed by atoms with Gasteiger partial charge in [-0.2, -0.15) is 35.1 Å². The second kappa shape index (κ2) is 18.1. The van der Waals surface area contributed by atoms with E-state index in [2.05, 4.69) is 20.4 Å². The molecule has 2 unspecified atom stereocenters. The summed E-state index contributed by atoms with van der Waals surface area (Å²) in [7, 11) is 0. The van der Waals surface area contributed by atoms with Crippen molar-refractivity contribution in [3.05, 3.63) is 99.5 Å². The summed E-state index contributed by atoms with van der Waals surface area (Å²) in [6.45, 7) is 1.18. The molecule has 0 saturated heterocycles. The second-order valence-electron chi connectivity index (χ2n) is 13.9. The van der Waals surface area contributed by atoms with Crippen molar-refractivity contribution in [1.29, 1.82) is 0 Å². The monoisotopic (exact) mass is 907 g/mol. The lowest BCUT2D eigenvalue weighted by Crippen LogP contribution is -2.35. The number of aryl methyl sites for hydroxylation is 1. The number of pyridine rings is 1. The van der Waals surface area contributed by atoms with Gasteiger partial charge in [-0.25, -0.2) is 8.78 Å². The molecule has 0 aliphatic heterocycles. The van der Waals surface area contributed by atoms with Gasteiger partial charge in [0, 0.05) is 40.5 Å². The fourth-order valence-electron chi connectivity index (χ4n) is 6.82. The Morgan fingerprint density at radius 1 is 1.11 bits per heavy atom. The molecule has 5 rings (SSSR count). The molecule has 2 aromatic carbocycles. The van der Waals surface area contributed by atoms with Crippen molar-refractivity contribution in [3.8, 4) is 11.1 Å². The Hall–Kier alpha value is -5.15. The number of fused-ring (bicyclic) bond motifs is 1. The summed E-state index contributed by atoms with van der Waals surface area (Å²) in [4.78, 5) is 35.0. The van der Waals surface area contributed by atoms with Crippen molar-refractivity contribution < 1.29 is 58.0 Å². The van der Waals surface area contributed by atoms with Gasteiger partial charge < -0.3 is 15.6 Å². The Kier molecular flexibility index (Phi) is 13.9. The van der Waals surface area contributed by atoms with Gasteiger partial charge in [-0.3, -0.25) is 24.2 Å². The van der Waals surface area contributed by atoms with E-state index >= 15 is 8.78 Å². The van der Waals surface area contributed by atoms with Crippen LogP contribution >= 0.6 is 11.6 Å². The Balaban J connectivity index is 1.75. The van der Waals surface area contributed by atoms with Crippen LogP contribution in [0.1, 0.15) is 50.2 Å². The van der Waals surface area contributed by atoms with Crippen molar-refractivity contribution in [2.75, 3.05) is 17.1 Å². The van der Waals surface area contributed by atoms with Crippen molar-refractivity contribution >= 4 is 57.2 Å². The Morgan fingerprint density at radius 3 is 2.33 bits per heavy atom. The summed E-state index contributed by atoms with van der Waals surface area (Å²) in [6, 6.07) is 6.33. The fourth-order valence-corrected chi connectivity index (χ4v) is 7.75. The molecule has 1 saturated carbocycles. The maximum Gasteiger partial charge on any atom is 0.431 e. The summed E-state index contributed by atoms with van der Waals surface area (Å²) in [5, 5.41) is 6.09. The zero-order valence-electron chi connectivity index (χ0n) is 32.5. The van der Waals surface area contributed by atoms with E-state index in [4.69, 9.17) is 17.3 Å². The minimum absolute atomic E-state index is 0.0227. The van der Waals surface area contributed by atoms with Gasteiger partial charge in [0.1, 0.15) is 42.4 Å². The minimum Gasteiger partial charge on any atom is -0.593 e. The molecule has 4 aromatic rings. The van der Waals surface area contributed by atoms with Gasteiger partial charge in [-0.1, -0.05) is 43.7 Å². The molecular formula is C39H36ClF10N7O3S. The van der Waals surface area contributed by atoms with Crippen molar-refractivity contribution in [2.45, 2.75) is 70.9 Å². The minimum atomic E-state index is -5.20. The number of nitrogens with one attached hydrogen (secondary N) is 1. The molecule has 1 aliphatic rings. The lowest BCUT2D eigenvalue weighted by Gasteiger charge is -2.23. The van der Waals surface area contributed by atoms with Crippen LogP contribution in [0, 0.1) is 17.6 Å². The molecule has 22 heteroatoms. The van der Waals surface area contributed by atoms with Crippen LogP contribution in [-0.2, 0) is 40.3 Å². The van der Waals surface area contributed by atoms with Crippen molar-refractivity contribution in [2.24, 2.45) is 16.6 Å². The van der Waals surface area contributed by atoms with E-state index in [1.165, 1.54) is 37.3 Å². The first-order chi connectivity index (χ1) is 28.4. The smallest absolute Gasteiger partial charge is 0.431 e. The first-order valence-corrected chi connectivity index (χ1v) is 20.1. The molecule has 3 atom stereocenters. The van der Waals surface area contributed by atoms with E-state index in [1.54, 1.807) is 6.92 Å². The summed E-state index contributed by atoms with van der Waals surface area (Å²) in [5.41, 5.74) is 0.702. The molecule has 0 radical (unpaired) electrons. The van der Waals surface area contributed by atoms with Gasteiger partial charge in [0.15, 0.2) is 0 Å². The number of benzene rings is 2. The number of hydrogen-bond acceptors (Lipinski definition) is 7. The highest BCUT2D eigenvalue weighted by molar-refractivity contribution is 7.92. The van der Waals surface area contributed by atoms with Gasteiger partial charge >= 0.3 is 12.4 Å². The van der Waals surface area contributed by atoms with Gasteiger partial charge in [0.2, 0.25) is 11.7 Å². The first kappa shape index (κ1) is 46.9. The number of allylic oxidation sites excluding steroid dienone is 3. The molecule has 3 N–H and O–H groups in total. The van der Waals surface area contributed by atoms with Gasteiger partial charge in [0.25, 0.3) is 11.8 Å². The van der Waals surface area contributed by atoms with Crippen molar-refractivity contribution in [1.82, 2.24) is 20.1 Å². The summed E-state index contributed by atoms with van der Waals surface area (Å²) < 4.78 is 157. The maximum absolute atomic E-state index is 15.2. The number of nitrogens with two attached hydrogens (primary N) is 1. The van der Waals surface area contributed by atoms with Crippen LogP contribution in [0.2, 0.25) is 5.02 Å². The van der Waals surface area contributed by atoms with Crippen LogP contribution < -0.4 is 15.4 Å². The molecule has 0 spiro atoms. The third-order valence-corrected chi connectivity index (χ3v) is 10.7. The average molecular weight is 908 g/mol. The lowest BCUT2D eigenvalue weighted by atomic mass is 9.93. The van der Waals surface area contributed by atoms with E-state index < -0.39 is 114 Å². The standard InChI is InChI=1S/C39H36ClF10N7O3S/c1-5-7-30(59)57(61(4)60)36-31-27(40)11-10-25(33(31)56(55-36)18-37(43,44)45)24-9-8-23(6-2)53-32(24)28(15-20-13-21(41)16-22(42)14-20)54-29(58)17-52-35-26(34(51)39(48,49)50)12-19(3)38(35,46)47/h5,7-11,13-14,16,19,28H,6,12,15,17-18,51H2,1-4H3,(H,54,58)/b7-5+,34-26?,52-35?/t19-,28?,61?/m1/s1. The number of halogens is 11. The van der Waals surface area contributed by atoms with Gasteiger partial charge in [0.05, 0.1) is 39.0 Å². The van der Waals surface area contributed by atoms with E-state index in [1.807, 2.05) is 0 Å². The van der Waals surface area contributed by atoms with E-state index in [-0.39, 0.29) is 44.7 Å². The van der Waals surface area contributed by atoms with Crippen LogP contribution in [0.25, 0.3) is 22.0 Å². The van der Waals surface area contributed by atoms with Gasteiger partial charge in [-0.05, 0) is 56.0 Å². The number of carbonyl (C=O) groups excluding carboxylic acids is 2. The zero-order valence-corrected chi connectivity index (χ0v) is 34.1. The van der Waals surface area contributed by atoms with E-state index in [0.717, 1.165) is 31.4 Å². The molecule has 328 valence electrons. The number of carbonyl (C=O) groups is 2. The van der Waals surface area contributed by atoms with E-state index in [9.17, 15) is 49.3 Å². The molecule has 61 heavy (non-hydrogen) atoms. The number of aromatic nitrogens is 3. The van der Waals surface area contributed by atoms with E-state index in [0.29, 0.717) is 20.7 Å². The zero-order chi connectivity index (χ0) is 45.4. The largest absolute Gasteiger partial charge is 0.593 e. The quantitative estimate of drug-likeness (QED) is 0.0829. The number of hydrogen-bond donors (Lipinski definition) is 2. The molecule has 2 heterocycles. The molecular weight excluding hydrogens is 872 g/mol. The second-order valence-corrected chi connectivity index (χ2v) is 15.6. The highest BCUT2D eigenvalue weighted by Gasteiger charge is 2.53. The number of amides is 2. The molecule has 2 amide bonds. The maximum atomic E-state index is 15.2. The predicted molar refractivity (Wildman–Crippen MR) is 209 cm³/mol. The normalized spacial score (nSPS) is 18.2. The third-order valence-electron chi connectivity index (χ3n) is 9.52. The summed E-state index contributed by atoms with van der Waals surface area (Å²) in [5.74, 6) is -10.3. The first-order valence-electron chi connectivity index (χ1n) is 18.2. The number of nitrogens with zero attached hydrogens (tertiary/aromatic N) is 5. The van der Waals surface area contributed by atoms with Gasteiger partial charge in [-0.15, -0.1) is 9.40 Å². The number of aliphatic imine (C=N–C) groups is 1. The summed E-state index contributed by atoms with van der Waals surface area (Å²) >= 11 is 4.38. The third kappa shape index (κ3) is 10.3. The highest BCUT2D eigenvalue weighted by Crippen LogP contribution is 2.45. The highest BCUT2D eigenvalue weighted by atomic mass is 35.5. The fraction of sp³-hybridized carbons (Fsp3) is 0.359. The SMILES string of the molecule is C/C=C/C(=O)N(c1nn(CC(F)(F)F)c2c(-c3ccc(CC)nc3C(Cc3cc(F)cc(F)c3)NC(=O)CN=C3C(=C(N)C(F)(F)F)C[C@@H](C)C3(F)F)ccc(Cl)c12)[S+](C)[O-]. The predicted octanol–water partition coefficient (Wildman–Crippen LogP) is 8.65. The lowest BCUT2D eigenvalue weighted by molar-refractivity contribution is -0.141. The Morgan fingerprint density at radius 2 is 1.75 bits per heavy atom. The van der Waals surface area contributed by atoms with Crippen LogP contribution in [0.15, 0.2) is 70.9 Å². The molecule has 10 nitrogen and oxygen atoms in total. The molecule has 0 bridgehead atoms. The Labute approximate surface area is 349 Å². The molecule has 1 aliphatic carbocycles. The molecule has 2 aromatic heterocycles. The average Bonchev–Trinajstić information content (AvgIpc) is 3.61.